The second-order valence-electron chi connectivity index (χ2n) is 3.78. The van der Waals surface area contributed by atoms with E-state index in [9.17, 15) is 9.59 Å². The number of hydrogen-bond donors (Lipinski definition) is 1. The molecular weight excluding hydrogens is 220 g/mol. The quantitative estimate of drug-likeness (QED) is 0.856. The molecule has 0 radical (unpaired) electrons. The molecule has 1 heterocycles. The Morgan fingerprint density at radius 3 is 2.53 bits per heavy atom. The minimum Gasteiger partial charge on any atom is -0.477 e. The van der Waals surface area contributed by atoms with E-state index in [0.29, 0.717) is 0 Å². The van der Waals surface area contributed by atoms with Gasteiger partial charge in [0.1, 0.15) is 5.69 Å². The van der Waals surface area contributed by atoms with E-state index < -0.39 is 5.97 Å². The zero-order chi connectivity index (χ0) is 12.4. The van der Waals surface area contributed by atoms with Crippen LogP contribution in [0.3, 0.4) is 0 Å². The van der Waals surface area contributed by atoms with Crippen molar-refractivity contribution < 1.29 is 9.90 Å². The Hall–Kier alpha value is -2.30. The number of carboxylic acid groups (broad SMARTS) is 1. The molecule has 0 saturated heterocycles. The van der Waals surface area contributed by atoms with E-state index in [2.05, 4.69) is 0 Å². The molecule has 88 valence electrons. The normalized spacial score (nSPS) is 10.4. The lowest BCUT2D eigenvalue weighted by Gasteiger charge is -2.03. The van der Waals surface area contributed by atoms with Crippen molar-refractivity contribution >= 4 is 5.97 Å². The van der Waals surface area contributed by atoms with Gasteiger partial charge in [-0.2, -0.15) is 0 Å². The Morgan fingerprint density at radius 1 is 1.29 bits per heavy atom. The number of aromatic nitrogens is 2. The monoisotopic (exact) mass is 232 g/mol. The molecule has 17 heavy (non-hydrogen) atoms. The smallest absolute Gasteiger partial charge is 0.354 e. The van der Waals surface area contributed by atoms with Gasteiger partial charge in [0, 0.05) is 13.2 Å². The van der Waals surface area contributed by atoms with Gasteiger partial charge >= 0.3 is 11.7 Å². The van der Waals surface area contributed by atoms with Crippen molar-refractivity contribution in [3.8, 4) is 0 Å². The first-order valence-corrected chi connectivity index (χ1v) is 5.13. The molecule has 5 nitrogen and oxygen atoms in total. The van der Waals surface area contributed by atoms with Crippen LogP contribution in [0, 0.1) is 0 Å². The second kappa shape index (κ2) is 4.29. The van der Waals surface area contributed by atoms with Crippen LogP contribution < -0.4 is 5.69 Å². The number of imidazole rings is 1. The van der Waals surface area contributed by atoms with Crippen molar-refractivity contribution in [1.82, 2.24) is 9.13 Å². The van der Waals surface area contributed by atoms with Crippen molar-refractivity contribution in [3.05, 3.63) is 58.3 Å². The molecular formula is C12H12N2O3. The van der Waals surface area contributed by atoms with Gasteiger partial charge in [0.05, 0.1) is 6.54 Å². The Labute approximate surface area is 97.5 Å². The molecule has 0 atom stereocenters. The zero-order valence-electron chi connectivity index (χ0n) is 9.33. The summed E-state index contributed by atoms with van der Waals surface area (Å²) in [4.78, 5) is 22.8. The van der Waals surface area contributed by atoms with E-state index in [4.69, 9.17) is 5.11 Å². The number of aromatic carboxylic acids is 1. The highest BCUT2D eigenvalue weighted by Gasteiger charge is 2.15. The van der Waals surface area contributed by atoms with Gasteiger partial charge in [-0.3, -0.25) is 4.57 Å². The summed E-state index contributed by atoms with van der Waals surface area (Å²) < 4.78 is 2.52. The summed E-state index contributed by atoms with van der Waals surface area (Å²) in [5.74, 6) is -1.10. The Kier molecular flexibility index (Phi) is 2.82. The van der Waals surface area contributed by atoms with Crippen molar-refractivity contribution in [2.45, 2.75) is 6.54 Å². The zero-order valence-corrected chi connectivity index (χ0v) is 9.33. The highest BCUT2D eigenvalue weighted by Crippen LogP contribution is 2.04. The van der Waals surface area contributed by atoms with Gasteiger partial charge in [-0.1, -0.05) is 30.3 Å². The molecule has 1 aromatic carbocycles. The minimum atomic E-state index is -1.10. The largest absolute Gasteiger partial charge is 0.477 e. The molecule has 0 saturated carbocycles. The standard InChI is InChI=1S/C12H12N2O3/c1-13-8-10(11(15)16)14(12(13)17)7-9-5-3-2-4-6-9/h2-6,8H,7H2,1H3,(H,15,16). The first-order valence-electron chi connectivity index (χ1n) is 5.13. The third kappa shape index (κ3) is 2.13. The molecule has 0 amide bonds. The fourth-order valence-corrected chi connectivity index (χ4v) is 1.69. The predicted molar refractivity (Wildman–Crippen MR) is 62.2 cm³/mol. The van der Waals surface area contributed by atoms with Crippen LogP contribution in [-0.4, -0.2) is 20.2 Å². The summed E-state index contributed by atoms with van der Waals surface area (Å²) in [5, 5.41) is 9.01. The number of aryl methyl sites for hydroxylation is 1. The highest BCUT2D eigenvalue weighted by molar-refractivity contribution is 5.85. The molecule has 5 heteroatoms. The van der Waals surface area contributed by atoms with E-state index in [1.807, 2.05) is 30.3 Å². The Bertz CT molecular complexity index is 596. The number of nitrogens with zero attached hydrogens (tertiary/aromatic N) is 2. The predicted octanol–water partition coefficient (Wildman–Crippen LogP) is 0.933. The van der Waals surface area contributed by atoms with Gasteiger partial charge in [-0.15, -0.1) is 0 Å². The van der Waals surface area contributed by atoms with Crippen molar-refractivity contribution in [2.75, 3.05) is 0 Å². The van der Waals surface area contributed by atoms with Crippen LogP contribution in [-0.2, 0) is 13.6 Å². The topological polar surface area (TPSA) is 64.2 Å². The highest BCUT2D eigenvalue weighted by atomic mass is 16.4. The van der Waals surface area contributed by atoms with Gasteiger partial charge in [-0.25, -0.2) is 9.59 Å². The lowest BCUT2D eigenvalue weighted by atomic mass is 10.2. The molecule has 1 aromatic heterocycles. The number of hydrogen-bond acceptors (Lipinski definition) is 2. The van der Waals surface area contributed by atoms with E-state index >= 15 is 0 Å². The Morgan fingerprint density at radius 2 is 1.94 bits per heavy atom. The fraction of sp³-hybridized carbons (Fsp3) is 0.167. The van der Waals surface area contributed by atoms with Crippen molar-refractivity contribution in [3.63, 3.8) is 0 Å². The summed E-state index contributed by atoms with van der Waals surface area (Å²) in [6.45, 7) is 0.266. The molecule has 0 aliphatic heterocycles. The molecule has 0 fully saturated rings. The van der Waals surface area contributed by atoms with E-state index in [-0.39, 0.29) is 17.9 Å². The molecule has 0 aliphatic rings. The van der Waals surface area contributed by atoms with Crippen LogP contribution in [0.5, 0.6) is 0 Å². The third-order valence-corrected chi connectivity index (χ3v) is 2.54. The van der Waals surface area contributed by atoms with Crippen molar-refractivity contribution in [1.29, 1.82) is 0 Å². The van der Waals surface area contributed by atoms with E-state index in [1.165, 1.54) is 22.4 Å². The first-order chi connectivity index (χ1) is 8.09. The molecule has 0 unspecified atom stereocenters. The van der Waals surface area contributed by atoms with Gasteiger partial charge in [0.25, 0.3) is 0 Å². The van der Waals surface area contributed by atoms with Crippen LogP contribution >= 0.6 is 0 Å². The summed E-state index contributed by atoms with van der Waals surface area (Å²) in [6.07, 6.45) is 1.33. The first kappa shape index (κ1) is 11.2. The number of benzene rings is 1. The SMILES string of the molecule is Cn1cc(C(=O)O)n(Cc2ccccc2)c1=O. The molecule has 0 bridgehead atoms. The lowest BCUT2D eigenvalue weighted by molar-refractivity contribution is 0.0685. The molecule has 0 aliphatic carbocycles. The maximum atomic E-state index is 11.8. The van der Waals surface area contributed by atoms with Gasteiger partial charge in [0.15, 0.2) is 0 Å². The van der Waals surface area contributed by atoms with Gasteiger partial charge < -0.3 is 9.67 Å². The summed E-state index contributed by atoms with van der Waals surface area (Å²) in [6, 6.07) is 9.28. The summed E-state index contributed by atoms with van der Waals surface area (Å²) in [7, 11) is 1.54. The minimum absolute atomic E-state index is 0.00125. The second-order valence-corrected chi connectivity index (χ2v) is 3.78. The summed E-state index contributed by atoms with van der Waals surface area (Å²) in [5.41, 5.74) is 0.566. The maximum absolute atomic E-state index is 11.8. The number of rotatable bonds is 3. The molecule has 1 N–H and O–H groups in total. The van der Waals surface area contributed by atoms with Gasteiger partial charge in [0.2, 0.25) is 0 Å². The summed E-state index contributed by atoms with van der Waals surface area (Å²) >= 11 is 0. The number of carbonyl (C=O) groups is 1. The lowest BCUT2D eigenvalue weighted by Crippen LogP contribution is -2.24. The van der Waals surface area contributed by atoms with Crippen LogP contribution in [0.4, 0.5) is 0 Å². The van der Waals surface area contributed by atoms with Crippen LogP contribution in [0.1, 0.15) is 16.1 Å². The maximum Gasteiger partial charge on any atom is 0.354 e. The van der Waals surface area contributed by atoms with E-state index in [0.717, 1.165) is 5.56 Å². The Balaban J connectivity index is 2.45. The van der Waals surface area contributed by atoms with Crippen LogP contribution in [0.25, 0.3) is 0 Å². The molecule has 0 spiro atoms. The average molecular weight is 232 g/mol. The fourth-order valence-electron chi connectivity index (χ4n) is 1.69. The van der Waals surface area contributed by atoms with Gasteiger partial charge in [-0.05, 0) is 5.56 Å². The average Bonchev–Trinajstić information content (AvgIpc) is 2.59. The molecule has 2 rings (SSSR count). The number of carboxylic acids is 1. The van der Waals surface area contributed by atoms with Crippen molar-refractivity contribution in [2.24, 2.45) is 7.05 Å². The van der Waals surface area contributed by atoms with Crippen LogP contribution in [0.2, 0.25) is 0 Å². The third-order valence-electron chi connectivity index (χ3n) is 2.54. The molecule has 2 aromatic rings. The van der Waals surface area contributed by atoms with Crippen LogP contribution in [0.15, 0.2) is 41.3 Å². The van der Waals surface area contributed by atoms with E-state index in [1.54, 1.807) is 0 Å².